The van der Waals surface area contributed by atoms with Crippen molar-refractivity contribution in [3.63, 3.8) is 0 Å². The predicted molar refractivity (Wildman–Crippen MR) is 64.6 cm³/mol. The molecular formula is C12H22N2O3. The fourth-order valence-electron chi connectivity index (χ4n) is 2.41. The lowest BCUT2D eigenvalue weighted by Crippen LogP contribution is -2.45. The monoisotopic (exact) mass is 242 g/mol. The Hall–Kier alpha value is -1.10. The molecule has 1 aliphatic heterocycles. The van der Waals surface area contributed by atoms with E-state index in [2.05, 4.69) is 5.32 Å². The second-order valence-corrected chi connectivity index (χ2v) is 4.85. The summed E-state index contributed by atoms with van der Waals surface area (Å²) >= 11 is 0. The van der Waals surface area contributed by atoms with Gasteiger partial charge in [0.1, 0.15) is 0 Å². The summed E-state index contributed by atoms with van der Waals surface area (Å²) < 4.78 is 0. The van der Waals surface area contributed by atoms with Crippen molar-refractivity contribution in [2.24, 2.45) is 11.8 Å². The number of carbonyl (C=O) groups is 2. The molecule has 1 heterocycles. The van der Waals surface area contributed by atoms with E-state index >= 15 is 0 Å². The maximum absolute atomic E-state index is 11.7. The summed E-state index contributed by atoms with van der Waals surface area (Å²) in [5.74, 6) is -0.186. The van der Waals surface area contributed by atoms with Crippen molar-refractivity contribution in [3.8, 4) is 0 Å². The van der Waals surface area contributed by atoms with Gasteiger partial charge in [-0.05, 0) is 31.7 Å². The van der Waals surface area contributed by atoms with E-state index in [4.69, 9.17) is 5.11 Å². The molecule has 0 spiro atoms. The average Bonchev–Trinajstić information content (AvgIpc) is 2.28. The van der Waals surface area contributed by atoms with Crippen LogP contribution in [0, 0.1) is 11.8 Å². The molecule has 5 heteroatoms. The number of hydrogen-bond acceptors (Lipinski definition) is 3. The molecule has 0 radical (unpaired) electrons. The van der Waals surface area contributed by atoms with Gasteiger partial charge in [0, 0.05) is 19.5 Å². The van der Waals surface area contributed by atoms with Crippen LogP contribution in [0.3, 0.4) is 0 Å². The first-order valence-electron chi connectivity index (χ1n) is 6.18. The van der Waals surface area contributed by atoms with E-state index in [1.165, 1.54) is 0 Å². The lowest BCUT2D eigenvalue weighted by molar-refractivity contribution is -0.138. The highest BCUT2D eigenvalue weighted by atomic mass is 16.4. The Morgan fingerprint density at radius 2 is 2.24 bits per heavy atom. The Morgan fingerprint density at radius 1 is 1.53 bits per heavy atom. The van der Waals surface area contributed by atoms with E-state index in [0.29, 0.717) is 19.0 Å². The van der Waals surface area contributed by atoms with Gasteiger partial charge >= 0.3 is 5.97 Å². The summed E-state index contributed by atoms with van der Waals surface area (Å²) in [7, 11) is 1.76. The molecule has 1 amide bonds. The molecule has 0 aromatic carbocycles. The van der Waals surface area contributed by atoms with Gasteiger partial charge in [0.15, 0.2) is 0 Å². The number of carboxylic acid groups (broad SMARTS) is 1. The molecular weight excluding hydrogens is 220 g/mol. The number of carbonyl (C=O) groups excluding carboxylic acids is 1. The third kappa shape index (κ3) is 4.34. The number of amides is 1. The molecule has 1 saturated heterocycles. The Morgan fingerprint density at radius 3 is 2.82 bits per heavy atom. The highest BCUT2D eigenvalue weighted by Crippen LogP contribution is 2.26. The number of rotatable bonds is 5. The van der Waals surface area contributed by atoms with Crippen molar-refractivity contribution in [2.75, 3.05) is 26.7 Å². The van der Waals surface area contributed by atoms with Crippen LogP contribution in [-0.2, 0) is 9.59 Å². The van der Waals surface area contributed by atoms with Gasteiger partial charge in [-0.15, -0.1) is 0 Å². The standard InChI is InChI=1S/C12H22N2O3/c1-9(6-12(16)17)10-4-3-5-14(8-10)11(15)7-13-2/h9-10,13H,3-8H2,1-2H3,(H,16,17). The van der Waals surface area contributed by atoms with Crippen LogP contribution in [0.2, 0.25) is 0 Å². The third-order valence-electron chi connectivity index (χ3n) is 3.44. The smallest absolute Gasteiger partial charge is 0.303 e. The van der Waals surface area contributed by atoms with Gasteiger partial charge in [-0.2, -0.15) is 0 Å². The summed E-state index contributed by atoms with van der Waals surface area (Å²) in [6.07, 6.45) is 2.20. The van der Waals surface area contributed by atoms with Crippen LogP contribution in [0.1, 0.15) is 26.2 Å². The van der Waals surface area contributed by atoms with Gasteiger partial charge in [0.05, 0.1) is 6.54 Å². The van der Waals surface area contributed by atoms with Gasteiger partial charge in [0.25, 0.3) is 0 Å². The van der Waals surface area contributed by atoms with Crippen molar-refractivity contribution >= 4 is 11.9 Å². The highest BCUT2D eigenvalue weighted by molar-refractivity contribution is 5.78. The highest BCUT2D eigenvalue weighted by Gasteiger charge is 2.27. The van der Waals surface area contributed by atoms with Gasteiger partial charge in [-0.3, -0.25) is 9.59 Å². The van der Waals surface area contributed by atoms with Crippen LogP contribution in [-0.4, -0.2) is 48.6 Å². The molecule has 98 valence electrons. The number of aliphatic carboxylic acids is 1. The van der Waals surface area contributed by atoms with Crippen molar-refractivity contribution in [3.05, 3.63) is 0 Å². The van der Waals surface area contributed by atoms with E-state index in [1.54, 1.807) is 7.05 Å². The molecule has 0 aromatic rings. The number of hydrogen-bond donors (Lipinski definition) is 2. The van der Waals surface area contributed by atoms with E-state index in [0.717, 1.165) is 19.4 Å². The Kier molecular flexibility index (Phi) is 5.41. The molecule has 2 unspecified atom stereocenters. The van der Waals surface area contributed by atoms with Gasteiger partial charge in [0.2, 0.25) is 5.91 Å². The molecule has 5 nitrogen and oxygen atoms in total. The zero-order chi connectivity index (χ0) is 12.8. The van der Waals surface area contributed by atoms with Gasteiger partial charge < -0.3 is 15.3 Å². The van der Waals surface area contributed by atoms with E-state index < -0.39 is 5.97 Å². The van der Waals surface area contributed by atoms with E-state index in [1.807, 2.05) is 11.8 Å². The summed E-state index contributed by atoms with van der Waals surface area (Å²) in [5.41, 5.74) is 0. The van der Waals surface area contributed by atoms with E-state index in [-0.39, 0.29) is 18.2 Å². The Bertz CT molecular complexity index is 281. The quantitative estimate of drug-likeness (QED) is 0.739. The normalized spacial score (nSPS) is 22.2. The number of piperidine rings is 1. The fraction of sp³-hybridized carbons (Fsp3) is 0.833. The lowest BCUT2D eigenvalue weighted by Gasteiger charge is -2.35. The first-order chi connectivity index (χ1) is 8.04. The second-order valence-electron chi connectivity index (χ2n) is 4.85. The molecule has 1 fully saturated rings. The van der Waals surface area contributed by atoms with Crippen LogP contribution in [0.4, 0.5) is 0 Å². The van der Waals surface area contributed by atoms with Crippen LogP contribution < -0.4 is 5.32 Å². The predicted octanol–water partition coefficient (Wildman–Crippen LogP) is 0.555. The van der Waals surface area contributed by atoms with Crippen molar-refractivity contribution < 1.29 is 14.7 Å². The third-order valence-corrected chi connectivity index (χ3v) is 3.44. The molecule has 0 aromatic heterocycles. The maximum atomic E-state index is 11.7. The number of likely N-dealkylation sites (N-methyl/N-ethyl adjacent to an activating group) is 1. The maximum Gasteiger partial charge on any atom is 0.303 e. The average molecular weight is 242 g/mol. The number of carboxylic acids is 1. The molecule has 0 aliphatic carbocycles. The van der Waals surface area contributed by atoms with Gasteiger partial charge in [-0.1, -0.05) is 6.92 Å². The molecule has 2 N–H and O–H groups in total. The summed E-state index contributed by atoms with van der Waals surface area (Å²) in [6.45, 7) is 3.83. The number of nitrogens with zero attached hydrogens (tertiary/aromatic N) is 1. The topological polar surface area (TPSA) is 69.6 Å². The minimum absolute atomic E-state index is 0.111. The molecule has 0 saturated carbocycles. The Balaban J connectivity index is 2.48. The SMILES string of the molecule is CNCC(=O)N1CCCC(C(C)CC(=O)O)C1. The summed E-state index contributed by atoms with van der Waals surface area (Å²) in [4.78, 5) is 24.3. The molecule has 2 atom stereocenters. The number of nitrogens with one attached hydrogen (secondary N) is 1. The van der Waals surface area contributed by atoms with Gasteiger partial charge in [-0.25, -0.2) is 0 Å². The first-order valence-corrected chi connectivity index (χ1v) is 6.18. The molecule has 1 aliphatic rings. The molecule has 1 rings (SSSR count). The van der Waals surface area contributed by atoms with Crippen LogP contribution in [0.5, 0.6) is 0 Å². The number of likely N-dealkylation sites (tertiary alicyclic amines) is 1. The molecule has 17 heavy (non-hydrogen) atoms. The Labute approximate surface area is 102 Å². The summed E-state index contributed by atoms with van der Waals surface area (Å²) in [5, 5.41) is 11.6. The second kappa shape index (κ2) is 6.59. The zero-order valence-electron chi connectivity index (χ0n) is 10.6. The minimum Gasteiger partial charge on any atom is -0.481 e. The minimum atomic E-state index is -0.754. The van der Waals surface area contributed by atoms with Crippen molar-refractivity contribution in [2.45, 2.75) is 26.2 Å². The van der Waals surface area contributed by atoms with Crippen molar-refractivity contribution in [1.29, 1.82) is 0 Å². The summed E-state index contributed by atoms with van der Waals surface area (Å²) in [6, 6.07) is 0. The largest absolute Gasteiger partial charge is 0.481 e. The fourth-order valence-corrected chi connectivity index (χ4v) is 2.41. The zero-order valence-corrected chi connectivity index (χ0v) is 10.6. The lowest BCUT2D eigenvalue weighted by atomic mass is 9.84. The van der Waals surface area contributed by atoms with Crippen molar-refractivity contribution in [1.82, 2.24) is 10.2 Å². The first kappa shape index (κ1) is 14.0. The van der Waals surface area contributed by atoms with Crippen LogP contribution in [0.15, 0.2) is 0 Å². The van der Waals surface area contributed by atoms with E-state index in [9.17, 15) is 9.59 Å². The van der Waals surface area contributed by atoms with Crippen LogP contribution in [0.25, 0.3) is 0 Å². The van der Waals surface area contributed by atoms with Crippen LogP contribution >= 0.6 is 0 Å². The molecule has 0 bridgehead atoms.